The number of unbranched alkanes of at least 4 members (excludes halogenated alkanes) is 2. The van der Waals surface area contributed by atoms with Crippen LogP contribution in [0.4, 0.5) is 0 Å². The highest BCUT2D eigenvalue weighted by Gasteiger charge is 2.10. The maximum atomic E-state index is 11.9. The van der Waals surface area contributed by atoms with Crippen LogP contribution in [-0.4, -0.2) is 5.91 Å². The molecule has 3 rings (SSSR count). The lowest BCUT2D eigenvalue weighted by atomic mass is 10.1. The molecule has 0 spiro atoms. The van der Waals surface area contributed by atoms with E-state index in [0.29, 0.717) is 13.0 Å². The molecule has 0 aliphatic carbocycles. The van der Waals surface area contributed by atoms with Crippen LogP contribution >= 0.6 is 11.3 Å². The Labute approximate surface area is 142 Å². The summed E-state index contributed by atoms with van der Waals surface area (Å²) in [6.07, 6.45) is 5.05. The van der Waals surface area contributed by atoms with Gasteiger partial charge in [0.25, 0.3) is 0 Å². The summed E-state index contributed by atoms with van der Waals surface area (Å²) in [7, 11) is 0. The van der Waals surface area contributed by atoms with Crippen molar-refractivity contribution in [3.05, 3.63) is 57.3 Å². The lowest BCUT2D eigenvalue weighted by Gasteiger charge is -2.07. The summed E-state index contributed by atoms with van der Waals surface area (Å²) >= 11 is 1.82. The van der Waals surface area contributed by atoms with E-state index in [1.807, 2.05) is 11.3 Å². The van der Waals surface area contributed by atoms with Crippen molar-refractivity contribution in [2.24, 2.45) is 0 Å². The van der Waals surface area contributed by atoms with Crippen molar-refractivity contribution in [3.63, 3.8) is 0 Å². The normalized spacial score (nSPS) is 13.0. The Hall–Kier alpha value is -1.65. The Kier molecular flexibility index (Phi) is 5.83. The third kappa shape index (κ3) is 4.91. The van der Waals surface area contributed by atoms with Gasteiger partial charge in [0, 0.05) is 30.9 Å². The van der Waals surface area contributed by atoms with Gasteiger partial charge in [-0.25, -0.2) is 0 Å². The summed E-state index contributed by atoms with van der Waals surface area (Å²) in [5, 5.41) is 8.50. The summed E-state index contributed by atoms with van der Waals surface area (Å²) in [5.41, 5.74) is 3.94. The van der Waals surface area contributed by atoms with Gasteiger partial charge in [0.1, 0.15) is 0 Å². The first kappa shape index (κ1) is 16.2. The zero-order valence-corrected chi connectivity index (χ0v) is 14.3. The molecule has 1 aromatic heterocycles. The Morgan fingerprint density at radius 1 is 1.13 bits per heavy atom. The quantitative estimate of drug-likeness (QED) is 0.724. The fourth-order valence-corrected chi connectivity index (χ4v) is 3.71. The molecule has 122 valence electrons. The molecule has 0 atom stereocenters. The van der Waals surface area contributed by atoms with Gasteiger partial charge in [-0.3, -0.25) is 4.79 Å². The van der Waals surface area contributed by atoms with Gasteiger partial charge in [0.05, 0.1) is 0 Å². The third-order valence-electron chi connectivity index (χ3n) is 4.30. The van der Waals surface area contributed by atoms with E-state index in [0.717, 1.165) is 32.4 Å². The molecule has 2 aromatic rings. The summed E-state index contributed by atoms with van der Waals surface area (Å²) in [5.74, 6) is 0.166. The Balaban J connectivity index is 1.30. The van der Waals surface area contributed by atoms with Gasteiger partial charge >= 0.3 is 0 Å². The number of thiophene rings is 1. The van der Waals surface area contributed by atoms with E-state index in [1.54, 1.807) is 0 Å². The van der Waals surface area contributed by atoms with E-state index in [1.165, 1.54) is 28.0 Å². The molecule has 1 aliphatic rings. The SMILES string of the molecule is O=C(CCCCCc1cccs1)NCc1ccc2c(c1)CNC2. The summed E-state index contributed by atoms with van der Waals surface area (Å²) in [6, 6.07) is 10.8. The number of aryl methyl sites for hydroxylation is 1. The van der Waals surface area contributed by atoms with Gasteiger partial charge < -0.3 is 10.6 Å². The molecule has 2 N–H and O–H groups in total. The van der Waals surface area contributed by atoms with Crippen LogP contribution in [0.15, 0.2) is 35.7 Å². The van der Waals surface area contributed by atoms with Crippen LogP contribution in [0.1, 0.15) is 47.3 Å². The highest BCUT2D eigenvalue weighted by molar-refractivity contribution is 7.09. The van der Waals surface area contributed by atoms with Gasteiger partial charge in [0.2, 0.25) is 5.91 Å². The summed E-state index contributed by atoms with van der Waals surface area (Å²) in [6.45, 7) is 2.55. The lowest BCUT2D eigenvalue weighted by molar-refractivity contribution is -0.121. The van der Waals surface area contributed by atoms with E-state index in [4.69, 9.17) is 0 Å². The highest BCUT2D eigenvalue weighted by atomic mass is 32.1. The van der Waals surface area contributed by atoms with Gasteiger partial charge in [-0.05, 0) is 47.4 Å². The van der Waals surface area contributed by atoms with Gasteiger partial charge in [-0.1, -0.05) is 30.7 Å². The molecule has 0 saturated heterocycles. The first-order valence-electron chi connectivity index (χ1n) is 8.42. The number of amides is 1. The largest absolute Gasteiger partial charge is 0.352 e. The van der Waals surface area contributed by atoms with Crippen molar-refractivity contribution in [1.82, 2.24) is 10.6 Å². The molecule has 0 bridgehead atoms. The Morgan fingerprint density at radius 2 is 2.04 bits per heavy atom. The van der Waals surface area contributed by atoms with Crippen LogP contribution in [-0.2, 0) is 30.8 Å². The zero-order valence-electron chi connectivity index (χ0n) is 13.4. The maximum Gasteiger partial charge on any atom is 0.220 e. The minimum atomic E-state index is 0.166. The first-order chi connectivity index (χ1) is 11.3. The maximum absolute atomic E-state index is 11.9. The minimum absolute atomic E-state index is 0.166. The van der Waals surface area contributed by atoms with Crippen molar-refractivity contribution in [1.29, 1.82) is 0 Å². The second-order valence-corrected chi connectivity index (χ2v) is 7.16. The molecule has 23 heavy (non-hydrogen) atoms. The van der Waals surface area contributed by atoms with Crippen LogP contribution < -0.4 is 10.6 Å². The molecule has 1 amide bonds. The van der Waals surface area contributed by atoms with Crippen molar-refractivity contribution in [2.75, 3.05) is 0 Å². The number of hydrogen-bond donors (Lipinski definition) is 2. The van der Waals surface area contributed by atoms with Crippen LogP contribution in [0.2, 0.25) is 0 Å². The highest BCUT2D eigenvalue weighted by Crippen LogP contribution is 2.17. The van der Waals surface area contributed by atoms with E-state index in [-0.39, 0.29) is 5.91 Å². The van der Waals surface area contributed by atoms with Gasteiger partial charge in [0.15, 0.2) is 0 Å². The molecule has 0 radical (unpaired) electrons. The van der Waals surface area contributed by atoms with Crippen LogP contribution in [0.5, 0.6) is 0 Å². The molecular weight excluding hydrogens is 304 g/mol. The van der Waals surface area contributed by atoms with Crippen molar-refractivity contribution in [2.45, 2.75) is 51.7 Å². The predicted octanol–water partition coefficient (Wildman–Crippen LogP) is 3.77. The van der Waals surface area contributed by atoms with Crippen LogP contribution in [0.3, 0.4) is 0 Å². The second-order valence-electron chi connectivity index (χ2n) is 6.12. The number of hydrogen-bond acceptors (Lipinski definition) is 3. The van der Waals surface area contributed by atoms with Crippen molar-refractivity contribution in [3.8, 4) is 0 Å². The van der Waals surface area contributed by atoms with Crippen LogP contribution in [0, 0.1) is 0 Å². The third-order valence-corrected chi connectivity index (χ3v) is 5.23. The average Bonchev–Trinajstić information content (AvgIpc) is 3.23. The fourth-order valence-electron chi connectivity index (χ4n) is 2.96. The van der Waals surface area contributed by atoms with E-state index >= 15 is 0 Å². The number of fused-ring (bicyclic) bond motifs is 1. The molecule has 4 heteroatoms. The number of nitrogens with one attached hydrogen (secondary N) is 2. The molecule has 3 nitrogen and oxygen atoms in total. The average molecular weight is 328 g/mol. The van der Waals surface area contributed by atoms with E-state index in [2.05, 4.69) is 46.3 Å². The minimum Gasteiger partial charge on any atom is -0.352 e. The molecule has 2 heterocycles. The van der Waals surface area contributed by atoms with Crippen molar-refractivity contribution >= 4 is 17.2 Å². The summed E-state index contributed by atoms with van der Waals surface area (Å²) < 4.78 is 0. The lowest BCUT2D eigenvalue weighted by Crippen LogP contribution is -2.22. The van der Waals surface area contributed by atoms with Crippen LogP contribution in [0.25, 0.3) is 0 Å². The van der Waals surface area contributed by atoms with E-state index < -0.39 is 0 Å². The molecule has 0 saturated carbocycles. The Morgan fingerprint density at radius 3 is 2.91 bits per heavy atom. The fraction of sp³-hybridized carbons (Fsp3) is 0.421. The smallest absolute Gasteiger partial charge is 0.220 e. The predicted molar refractivity (Wildman–Crippen MR) is 95.3 cm³/mol. The van der Waals surface area contributed by atoms with Gasteiger partial charge in [-0.15, -0.1) is 11.3 Å². The monoisotopic (exact) mass is 328 g/mol. The van der Waals surface area contributed by atoms with E-state index in [9.17, 15) is 4.79 Å². The summed E-state index contributed by atoms with van der Waals surface area (Å²) in [4.78, 5) is 13.4. The number of carbonyl (C=O) groups is 1. The van der Waals surface area contributed by atoms with Crippen molar-refractivity contribution < 1.29 is 4.79 Å². The molecule has 0 fully saturated rings. The Bertz CT molecular complexity index is 637. The topological polar surface area (TPSA) is 41.1 Å². The zero-order chi connectivity index (χ0) is 15.9. The molecule has 1 aliphatic heterocycles. The molecule has 1 aromatic carbocycles. The number of carbonyl (C=O) groups excluding carboxylic acids is 1. The first-order valence-corrected chi connectivity index (χ1v) is 9.30. The second kappa shape index (κ2) is 8.27. The number of benzene rings is 1. The molecule has 0 unspecified atom stereocenters. The van der Waals surface area contributed by atoms with Gasteiger partial charge in [-0.2, -0.15) is 0 Å². The standard InChI is InChI=1S/C19H24N2OS/c22-19(7-3-1-2-5-18-6-4-10-23-18)21-12-15-8-9-16-13-20-14-17(16)11-15/h4,6,8-11,20H,1-3,5,7,12-14H2,(H,21,22). The molecular formula is C19H24N2OS. The number of rotatable bonds is 8.